The van der Waals surface area contributed by atoms with Crippen LogP contribution in [0.1, 0.15) is 21.6 Å². The summed E-state index contributed by atoms with van der Waals surface area (Å²) < 4.78 is 27.5. The number of nitrogens with zero attached hydrogens (tertiary/aromatic N) is 2. The number of pyridine rings is 1. The summed E-state index contributed by atoms with van der Waals surface area (Å²) in [5.41, 5.74) is 1.19. The van der Waals surface area contributed by atoms with Gasteiger partial charge in [0.1, 0.15) is 11.3 Å². The Hall–Kier alpha value is -3.09. The first-order valence-corrected chi connectivity index (χ1v) is 7.13. The number of carbonyl (C=O) groups excluding carboxylic acids is 1. The minimum atomic E-state index is -1.14. The van der Waals surface area contributed by atoms with E-state index in [1.165, 1.54) is 4.40 Å². The molecule has 0 spiro atoms. The Morgan fingerprint density at radius 2 is 1.88 bits per heavy atom. The average molecular weight is 329 g/mol. The minimum absolute atomic E-state index is 0.00825. The molecule has 0 saturated carbocycles. The fourth-order valence-electron chi connectivity index (χ4n) is 2.32. The average Bonchev–Trinajstić information content (AvgIpc) is 2.53. The molecular weight excluding hydrogens is 316 g/mol. The van der Waals surface area contributed by atoms with Crippen LogP contribution in [0.2, 0.25) is 0 Å². The molecule has 0 bridgehead atoms. The second-order valence-electron chi connectivity index (χ2n) is 5.39. The Morgan fingerprint density at radius 1 is 1.12 bits per heavy atom. The van der Waals surface area contributed by atoms with E-state index in [0.29, 0.717) is 11.3 Å². The van der Waals surface area contributed by atoms with E-state index < -0.39 is 23.1 Å². The van der Waals surface area contributed by atoms with Crippen molar-refractivity contribution in [3.05, 3.63) is 75.3 Å². The Kier molecular flexibility index (Phi) is 3.84. The highest BCUT2D eigenvalue weighted by molar-refractivity contribution is 6.04. The third-order valence-electron chi connectivity index (χ3n) is 3.59. The molecule has 122 valence electrons. The van der Waals surface area contributed by atoms with E-state index in [2.05, 4.69) is 10.3 Å². The summed E-state index contributed by atoms with van der Waals surface area (Å²) in [6.45, 7) is 3.46. The van der Waals surface area contributed by atoms with Gasteiger partial charge in [-0.05, 0) is 49.7 Å². The van der Waals surface area contributed by atoms with Gasteiger partial charge in [0.25, 0.3) is 11.5 Å². The van der Waals surface area contributed by atoms with Crippen molar-refractivity contribution in [3.8, 4) is 0 Å². The fourth-order valence-corrected chi connectivity index (χ4v) is 2.32. The molecule has 0 saturated heterocycles. The molecule has 24 heavy (non-hydrogen) atoms. The van der Waals surface area contributed by atoms with Gasteiger partial charge in [0.05, 0.1) is 5.69 Å². The van der Waals surface area contributed by atoms with Crippen molar-refractivity contribution in [2.24, 2.45) is 0 Å². The molecule has 1 N–H and O–H groups in total. The Labute approximate surface area is 135 Å². The van der Waals surface area contributed by atoms with E-state index in [1.807, 2.05) is 6.92 Å². The Morgan fingerprint density at radius 3 is 2.58 bits per heavy atom. The number of anilines is 1. The fraction of sp³-hybridized carbons (Fsp3) is 0.118. The smallest absolute Gasteiger partial charge is 0.281 e. The number of hydrogen-bond donors (Lipinski definition) is 1. The molecule has 7 heteroatoms. The van der Waals surface area contributed by atoms with Crippen molar-refractivity contribution in [2.45, 2.75) is 13.8 Å². The molecule has 1 aromatic carbocycles. The largest absolute Gasteiger partial charge is 0.316 e. The zero-order valence-corrected chi connectivity index (χ0v) is 12.9. The summed E-state index contributed by atoms with van der Waals surface area (Å²) in [4.78, 5) is 29.0. The van der Waals surface area contributed by atoms with Crippen LogP contribution in [0.25, 0.3) is 5.65 Å². The van der Waals surface area contributed by atoms with Crippen LogP contribution >= 0.6 is 0 Å². The first-order valence-electron chi connectivity index (χ1n) is 7.13. The van der Waals surface area contributed by atoms with Gasteiger partial charge in [-0.2, -0.15) is 0 Å². The minimum Gasteiger partial charge on any atom is -0.316 e. The number of fused-ring (bicyclic) bond motifs is 1. The summed E-state index contributed by atoms with van der Waals surface area (Å²) in [5, 5.41) is 2.42. The topological polar surface area (TPSA) is 63.5 Å². The maximum atomic E-state index is 13.2. The summed E-state index contributed by atoms with van der Waals surface area (Å²) >= 11 is 0. The Balaban J connectivity index is 2.03. The molecule has 0 unspecified atom stereocenters. The number of benzene rings is 1. The third-order valence-corrected chi connectivity index (χ3v) is 3.59. The highest BCUT2D eigenvalue weighted by Gasteiger charge is 2.15. The highest BCUT2D eigenvalue weighted by atomic mass is 19.2. The molecule has 0 atom stereocenters. The lowest BCUT2D eigenvalue weighted by Crippen LogP contribution is -2.25. The number of amides is 1. The van der Waals surface area contributed by atoms with E-state index in [9.17, 15) is 18.4 Å². The van der Waals surface area contributed by atoms with Gasteiger partial charge in [-0.3, -0.25) is 14.0 Å². The number of aromatic nitrogens is 2. The zero-order valence-electron chi connectivity index (χ0n) is 12.9. The van der Waals surface area contributed by atoms with Crippen molar-refractivity contribution in [1.82, 2.24) is 9.38 Å². The van der Waals surface area contributed by atoms with E-state index in [4.69, 9.17) is 0 Å². The third kappa shape index (κ3) is 2.76. The lowest BCUT2D eigenvalue weighted by molar-refractivity contribution is 0.102. The maximum absolute atomic E-state index is 13.2. The Bertz CT molecular complexity index is 1030. The number of halogens is 2. The zero-order chi connectivity index (χ0) is 17.4. The van der Waals surface area contributed by atoms with Crippen molar-refractivity contribution in [3.63, 3.8) is 0 Å². The first-order chi connectivity index (χ1) is 11.4. The van der Waals surface area contributed by atoms with Gasteiger partial charge in [-0.25, -0.2) is 13.8 Å². The van der Waals surface area contributed by atoms with Crippen LogP contribution in [-0.2, 0) is 0 Å². The predicted molar refractivity (Wildman–Crippen MR) is 85.2 cm³/mol. The maximum Gasteiger partial charge on any atom is 0.281 e. The number of rotatable bonds is 2. The normalized spacial score (nSPS) is 10.8. The van der Waals surface area contributed by atoms with Gasteiger partial charge in [0, 0.05) is 11.8 Å². The van der Waals surface area contributed by atoms with E-state index in [1.54, 1.807) is 25.3 Å². The van der Waals surface area contributed by atoms with Gasteiger partial charge in [0.2, 0.25) is 0 Å². The van der Waals surface area contributed by atoms with E-state index >= 15 is 0 Å². The first kappa shape index (κ1) is 15.8. The second kappa shape index (κ2) is 5.84. The number of aryl methyl sites for hydroxylation is 2. The van der Waals surface area contributed by atoms with E-state index in [0.717, 1.165) is 23.8 Å². The number of nitrogens with one attached hydrogen (secondary N) is 1. The molecule has 3 rings (SSSR count). The van der Waals surface area contributed by atoms with Crippen molar-refractivity contribution < 1.29 is 13.6 Å². The van der Waals surface area contributed by atoms with Crippen molar-refractivity contribution in [1.29, 1.82) is 0 Å². The molecule has 0 aliphatic rings. The van der Waals surface area contributed by atoms with Crippen molar-refractivity contribution >= 4 is 17.2 Å². The summed E-state index contributed by atoms with van der Waals surface area (Å²) in [7, 11) is 0. The van der Waals surface area contributed by atoms with Crippen LogP contribution in [-0.4, -0.2) is 15.3 Å². The van der Waals surface area contributed by atoms with Crippen LogP contribution in [0, 0.1) is 25.5 Å². The van der Waals surface area contributed by atoms with Crippen LogP contribution in [0.4, 0.5) is 14.5 Å². The SMILES string of the molecule is Cc1ccn2c(=O)c(NC(=O)c3ccc(F)c(F)c3)c(C)nc2c1. The molecule has 2 aromatic heterocycles. The highest BCUT2D eigenvalue weighted by Crippen LogP contribution is 2.13. The van der Waals surface area contributed by atoms with Gasteiger partial charge < -0.3 is 5.32 Å². The molecular formula is C17H13F2N3O2. The van der Waals surface area contributed by atoms with Gasteiger partial charge >= 0.3 is 0 Å². The summed E-state index contributed by atoms with van der Waals surface area (Å²) in [5.74, 6) is -2.91. The molecule has 0 radical (unpaired) electrons. The standard InChI is InChI=1S/C17H13F2N3O2/c1-9-5-6-22-14(7-9)20-10(2)15(17(22)24)21-16(23)11-3-4-12(18)13(19)8-11/h3-8H,1-2H3,(H,21,23). The molecule has 5 nitrogen and oxygen atoms in total. The summed E-state index contributed by atoms with van der Waals surface area (Å²) in [6.07, 6.45) is 1.56. The molecule has 0 aliphatic carbocycles. The monoisotopic (exact) mass is 329 g/mol. The molecule has 0 aliphatic heterocycles. The van der Waals surface area contributed by atoms with Crippen LogP contribution in [0.5, 0.6) is 0 Å². The van der Waals surface area contributed by atoms with Gasteiger partial charge in [0.15, 0.2) is 11.6 Å². The number of hydrogen-bond acceptors (Lipinski definition) is 3. The van der Waals surface area contributed by atoms with E-state index in [-0.39, 0.29) is 11.3 Å². The lowest BCUT2D eigenvalue weighted by Gasteiger charge is -2.10. The molecule has 1 amide bonds. The molecule has 0 fully saturated rings. The second-order valence-corrected chi connectivity index (χ2v) is 5.39. The number of carbonyl (C=O) groups is 1. The lowest BCUT2D eigenvalue weighted by atomic mass is 10.2. The van der Waals surface area contributed by atoms with Crippen LogP contribution in [0.3, 0.4) is 0 Å². The van der Waals surface area contributed by atoms with Crippen LogP contribution in [0.15, 0.2) is 41.3 Å². The molecule has 3 aromatic rings. The predicted octanol–water partition coefficient (Wildman–Crippen LogP) is 2.84. The van der Waals surface area contributed by atoms with Crippen molar-refractivity contribution in [2.75, 3.05) is 5.32 Å². The molecule has 2 heterocycles. The van der Waals surface area contributed by atoms with Gasteiger partial charge in [-0.1, -0.05) is 0 Å². The van der Waals surface area contributed by atoms with Gasteiger partial charge in [-0.15, -0.1) is 0 Å². The summed E-state index contributed by atoms with van der Waals surface area (Å²) in [6, 6.07) is 6.25. The quantitative estimate of drug-likeness (QED) is 0.786. The van der Waals surface area contributed by atoms with Crippen LogP contribution < -0.4 is 10.9 Å².